The lowest BCUT2D eigenvalue weighted by Gasteiger charge is -2.27. The zero-order valence-corrected chi connectivity index (χ0v) is 41.0. The molecule has 1 atom stereocenters. The average Bonchev–Trinajstić information content (AvgIpc) is 3.92. The number of allylic oxidation sites excluding steroid dienone is 10. The Labute approximate surface area is 432 Å². The van der Waals surface area contributed by atoms with Crippen molar-refractivity contribution in [3.8, 4) is 11.1 Å². The number of rotatable bonds is 13. The molecule has 358 valence electrons. The fourth-order valence-corrected chi connectivity index (χ4v) is 10.3. The zero-order chi connectivity index (χ0) is 49.6. The highest BCUT2D eigenvalue weighted by Gasteiger charge is 2.21. The minimum Gasteiger partial charge on any atom is -0.311 e. The quantitative estimate of drug-likeness (QED) is 0.0888. The second-order valence-electron chi connectivity index (χ2n) is 18.9. The first-order chi connectivity index (χ1) is 36.6. The van der Waals surface area contributed by atoms with Crippen molar-refractivity contribution in [1.29, 1.82) is 5.41 Å². The molecule has 0 bridgehead atoms. The molecular formula is C66H54N8. The SMILES string of the molecule is N=C1C=CC=C/C1=N/Nc1ccc(-c2ccc(N(c3ccccc3)c3ccc(C4CC=C(c5ccc(N(c6ccccc6)c6ccc(C7=CC=C(n8nc9ccccc9n8)CC7)cc6)cc5)CC4)cc3)cc2)cc1. The minimum absolute atomic E-state index is 0.388. The van der Waals surface area contributed by atoms with Gasteiger partial charge in [-0.15, -0.1) is 10.2 Å². The summed E-state index contributed by atoms with van der Waals surface area (Å²) >= 11 is 0. The van der Waals surface area contributed by atoms with E-state index in [0.29, 0.717) is 17.3 Å². The molecule has 3 aliphatic carbocycles. The molecule has 1 aromatic heterocycles. The lowest BCUT2D eigenvalue weighted by Crippen LogP contribution is -2.11. The predicted molar refractivity (Wildman–Crippen MR) is 308 cm³/mol. The molecule has 0 saturated carbocycles. The molecule has 8 heteroatoms. The molecule has 8 nitrogen and oxygen atoms in total. The van der Waals surface area contributed by atoms with E-state index in [1.54, 1.807) is 10.9 Å². The Morgan fingerprint density at radius 2 is 0.959 bits per heavy atom. The maximum absolute atomic E-state index is 8.07. The molecule has 74 heavy (non-hydrogen) atoms. The van der Waals surface area contributed by atoms with Gasteiger partial charge in [0.25, 0.3) is 0 Å². The normalized spacial score (nSPS) is 15.9. The first kappa shape index (κ1) is 45.7. The Morgan fingerprint density at radius 3 is 1.47 bits per heavy atom. The molecule has 2 N–H and O–H groups in total. The Bertz CT molecular complexity index is 3610. The van der Waals surface area contributed by atoms with Crippen molar-refractivity contribution >= 4 is 79.1 Å². The molecule has 12 rings (SSSR count). The van der Waals surface area contributed by atoms with Crippen LogP contribution in [0, 0.1) is 5.41 Å². The molecule has 8 aromatic carbocycles. The van der Waals surface area contributed by atoms with Crippen LogP contribution in [0.4, 0.5) is 39.8 Å². The van der Waals surface area contributed by atoms with E-state index in [2.05, 4.69) is 208 Å². The third kappa shape index (κ3) is 9.81. The Hall–Kier alpha value is -9.40. The summed E-state index contributed by atoms with van der Waals surface area (Å²) in [5.41, 5.74) is 23.5. The topological polar surface area (TPSA) is 85.4 Å². The van der Waals surface area contributed by atoms with Crippen molar-refractivity contribution in [2.75, 3.05) is 15.2 Å². The Morgan fingerprint density at radius 1 is 0.473 bits per heavy atom. The van der Waals surface area contributed by atoms with Crippen molar-refractivity contribution in [3.05, 3.63) is 265 Å². The Kier molecular flexibility index (Phi) is 12.8. The van der Waals surface area contributed by atoms with E-state index >= 15 is 0 Å². The zero-order valence-electron chi connectivity index (χ0n) is 41.0. The van der Waals surface area contributed by atoms with Gasteiger partial charge in [-0.05, 0) is 192 Å². The summed E-state index contributed by atoms with van der Waals surface area (Å²) in [5.74, 6) is 0.466. The summed E-state index contributed by atoms with van der Waals surface area (Å²) in [6.45, 7) is 0. The first-order valence-corrected chi connectivity index (χ1v) is 25.5. The number of benzene rings is 8. The van der Waals surface area contributed by atoms with Crippen LogP contribution in [0.5, 0.6) is 0 Å². The number of hydrazone groups is 1. The highest BCUT2D eigenvalue weighted by atomic mass is 15.5. The van der Waals surface area contributed by atoms with Gasteiger partial charge in [-0.1, -0.05) is 133 Å². The van der Waals surface area contributed by atoms with E-state index in [1.807, 2.05) is 54.6 Å². The van der Waals surface area contributed by atoms with Gasteiger partial charge in [0.05, 0.1) is 17.1 Å². The van der Waals surface area contributed by atoms with Gasteiger partial charge in [0.1, 0.15) is 16.7 Å². The summed E-state index contributed by atoms with van der Waals surface area (Å²) < 4.78 is 0. The predicted octanol–water partition coefficient (Wildman–Crippen LogP) is 17.0. The molecule has 0 spiro atoms. The van der Waals surface area contributed by atoms with E-state index < -0.39 is 0 Å². The maximum atomic E-state index is 8.07. The molecule has 0 amide bonds. The van der Waals surface area contributed by atoms with Crippen LogP contribution in [0.25, 0.3) is 39.0 Å². The highest BCUT2D eigenvalue weighted by Crippen LogP contribution is 2.42. The molecular weight excluding hydrogens is 905 g/mol. The second-order valence-corrected chi connectivity index (χ2v) is 18.9. The third-order valence-electron chi connectivity index (χ3n) is 14.3. The summed E-state index contributed by atoms with van der Waals surface area (Å²) in [5, 5.41) is 21.9. The summed E-state index contributed by atoms with van der Waals surface area (Å²) in [6, 6.07) is 73.6. The van der Waals surface area contributed by atoms with E-state index in [4.69, 9.17) is 15.6 Å². The van der Waals surface area contributed by atoms with Crippen LogP contribution >= 0.6 is 0 Å². The maximum Gasteiger partial charge on any atom is 0.113 e. The summed E-state index contributed by atoms with van der Waals surface area (Å²) in [6.07, 6.45) is 19.1. The van der Waals surface area contributed by atoms with Crippen LogP contribution in [0.15, 0.2) is 254 Å². The fourth-order valence-electron chi connectivity index (χ4n) is 10.3. The van der Waals surface area contributed by atoms with E-state index in [0.717, 1.165) is 99.8 Å². The van der Waals surface area contributed by atoms with E-state index in [9.17, 15) is 0 Å². The van der Waals surface area contributed by atoms with Gasteiger partial charge in [0.15, 0.2) is 0 Å². The monoisotopic (exact) mass is 958 g/mol. The molecule has 0 saturated heterocycles. The number of aromatic nitrogens is 3. The Balaban J connectivity index is 0.712. The molecule has 9 aromatic rings. The lowest BCUT2D eigenvalue weighted by molar-refractivity contribution is 0.625. The van der Waals surface area contributed by atoms with E-state index in [1.165, 1.54) is 27.8 Å². The number of nitrogens with zero attached hydrogens (tertiary/aromatic N) is 6. The number of hydrogen-bond acceptors (Lipinski definition) is 7. The van der Waals surface area contributed by atoms with Gasteiger partial charge >= 0.3 is 0 Å². The molecule has 0 fully saturated rings. The molecule has 0 aliphatic heterocycles. The minimum atomic E-state index is 0.388. The van der Waals surface area contributed by atoms with Gasteiger partial charge < -0.3 is 9.80 Å². The van der Waals surface area contributed by atoms with Crippen LogP contribution in [0.3, 0.4) is 0 Å². The van der Waals surface area contributed by atoms with Gasteiger partial charge in [0.2, 0.25) is 0 Å². The van der Waals surface area contributed by atoms with Gasteiger partial charge in [0, 0.05) is 34.1 Å². The number of para-hydroxylation sites is 2. The van der Waals surface area contributed by atoms with Crippen LogP contribution in [0.2, 0.25) is 0 Å². The van der Waals surface area contributed by atoms with Crippen molar-refractivity contribution in [2.45, 2.75) is 38.0 Å². The molecule has 0 radical (unpaired) electrons. The average molecular weight is 959 g/mol. The van der Waals surface area contributed by atoms with Gasteiger partial charge in [-0.25, -0.2) is 0 Å². The van der Waals surface area contributed by atoms with Crippen molar-refractivity contribution in [3.63, 3.8) is 0 Å². The fraction of sp³-hybridized carbons (Fsp3) is 0.0909. The van der Waals surface area contributed by atoms with Crippen LogP contribution in [0.1, 0.15) is 54.7 Å². The molecule has 1 unspecified atom stereocenters. The standard InChI is InChI=1S/C66H54N8/c67-63-15-7-8-16-64(63)69-68-55-35-23-49(24-36-55)52-29-41-60(42-30-52)72(56-11-3-1-4-12-56)58-37-25-50(26-38-58)47-19-21-48(22-20-47)51-27-39-59(40-28-51)73(57-13-5-2-6-14-57)61-43-31-53(32-44-61)54-33-45-62(46-34-54)74-70-65-17-9-10-18-66(65)71-74/h1-18,21,23-33,35-45,47,67-68H,19-20,22,34,46H2/b67-63?,69-64-. The summed E-state index contributed by atoms with van der Waals surface area (Å²) in [4.78, 5) is 6.46. The summed E-state index contributed by atoms with van der Waals surface area (Å²) in [7, 11) is 0. The van der Waals surface area contributed by atoms with Crippen molar-refractivity contribution in [2.24, 2.45) is 5.10 Å². The number of hydrogen-bond donors (Lipinski definition) is 2. The highest BCUT2D eigenvalue weighted by molar-refractivity contribution is 6.50. The second kappa shape index (κ2) is 20.7. The lowest BCUT2D eigenvalue weighted by atomic mass is 9.82. The van der Waals surface area contributed by atoms with Crippen molar-refractivity contribution < 1.29 is 0 Å². The third-order valence-corrected chi connectivity index (χ3v) is 14.3. The van der Waals surface area contributed by atoms with Crippen LogP contribution < -0.4 is 15.2 Å². The van der Waals surface area contributed by atoms with E-state index in [-0.39, 0.29) is 0 Å². The number of nitrogens with one attached hydrogen (secondary N) is 2. The van der Waals surface area contributed by atoms with Gasteiger partial charge in [-0.2, -0.15) is 9.90 Å². The smallest absolute Gasteiger partial charge is 0.113 e. The number of anilines is 7. The van der Waals surface area contributed by atoms with Crippen LogP contribution in [-0.2, 0) is 0 Å². The molecule has 3 aliphatic rings. The molecule has 1 heterocycles. The van der Waals surface area contributed by atoms with Crippen LogP contribution in [-0.4, -0.2) is 26.4 Å². The van der Waals surface area contributed by atoms with Gasteiger partial charge in [-0.3, -0.25) is 10.8 Å². The van der Waals surface area contributed by atoms with Crippen molar-refractivity contribution in [1.82, 2.24) is 15.0 Å². The number of fused-ring (bicyclic) bond motifs is 1. The first-order valence-electron chi connectivity index (χ1n) is 25.5. The largest absolute Gasteiger partial charge is 0.311 e.